The maximum atomic E-state index is 11.9. The van der Waals surface area contributed by atoms with E-state index in [2.05, 4.69) is 26.6 Å². The van der Waals surface area contributed by atoms with Gasteiger partial charge in [0.2, 0.25) is 5.91 Å². The third-order valence-corrected chi connectivity index (χ3v) is 3.13. The van der Waals surface area contributed by atoms with E-state index in [0.29, 0.717) is 18.8 Å². The molecule has 0 radical (unpaired) electrons. The lowest BCUT2D eigenvalue weighted by Gasteiger charge is -2.26. The second kappa shape index (κ2) is 5.18. The van der Waals surface area contributed by atoms with Gasteiger partial charge in [-0.1, -0.05) is 12.1 Å². The lowest BCUT2D eigenvalue weighted by Crippen LogP contribution is -2.51. The van der Waals surface area contributed by atoms with Gasteiger partial charge in [0.05, 0.1) is 5.69 Å². The SMILES string of the molecule is O=C1CN(C(=O)Nc2ccccc2Br)CCN1. The summed E-state index contributed by atoms with van der Waals surface area (Å²) >= 11 is 3.35. The van der Waals surface area contributed by atoms with Gasteiger partial charge in [-0.05, 0) is 28.1 Å². The molecule has 1 aliphatic heterocycles. The van der Waals surface area contributed by atoms with Crippen LogP contribution in [-0.2, 0) is 4.79 Å². The summed E-state index contributed by atoms with van der Waals surface area (Å²) in [7, 11) is 0. The van der Waals surface area contributed by atoms with Gasteiger partial charge in [0.1, 0.15) is 6.54 Å². The van der Waals surface area contributed by atoms with Crippen LogP contribution in [0.4, 0.5) is 10.5 Å². The second-order valence-corrected chi connectivity index (χ2v) is 4.54. The molecule has 2 N–H and O–H groups in total. The van der Waals surface area contributed by atoms with Crippen molar-refractivity contribution in [3.8, 4) is 0 Å². The number of nitrogens with one attached hydrogen (secondary N) is 2. The Bertz CT molecular complexity index is 450. The molecule has 0 spiro atoms. The number of rotatable bonds is 1. The van der Waals surface area contributed by atoms with E-state index in [1.165, 1.54) is 4.90 Å². The highest BCUT2D eigenvalue weighted by Crippen LogP contribution is 2.21. The fraction of sp³-hybridized carbons (Fsp3) is 0.273. The molecule has 5 nitrogen and oxygen atoms in total. The van der Waals surface area contributed by atoms with Gasteiger partial charge in [-0.15, -0.1) is 0 Å². The van der Waals surface area contributed by atoms with Crippen molar-refractivity contribution in [3.05, 3.63) is 28.7 Å². The normalized spacial score (nSPS) is 15.4. The van der Waals surface area contributed by atoms with E-state index in [4.69, 9.17) is 0 Å². The minimum absolute atomic E-state index is 0.107. The van der Waals surface area contributed by atoms with Gasteiger partial charge in [0, 0.05) is 17.6 Å². The fourth-order valence-corrected chi connectivity index (χ4v) is 1.95. The number of urea groups is 1. The highest BCUT2D eigenvalue weighted by Gasteiger charge is 2.21. The predicted octanol–water partition coefficient (Wildman–Crippen LogP) is 1.41. The van der Waals surface area contributed by atoms with Gasteiger partial charge in [0.25, 0.3) is 0 Å². The van der Waals surface area contributed by atoms with Gasteiger partial charge in [-0.25, -0.2) is 4.79 Å². The molecular weight excluding hydrogens is 286 g/mol. The molecule has 1 aromatic rings. The molecule has 90 valence electrons. The number of amides is 3. The molecule has 2 rings (SSSR count). The fourth-order valence-electron chi connectivity index (χ4n) is 1.57. The molecule has 1 fully saturated rings. The Hall–Kier alpha value is -1.56. The molecule has 1 aromatic carbocycles. The van der Waals surface area contributed by atoms with Crippen molar-refractivity contribution in [2.45, 2.75) is 0 Å². The first kappa shape index (κ1) is 11.9. The van der Waals surface area contributed by atoms with Crippen LogP contribution in [0.5, 0.6) is 0 Å². The van der Waals surface area contributed by atoms with E-state index in [-0.39, 0.29) is 18.5 Å². The van der Waals surface area contributed by atoms with E-state index in [1.54, 1.807) is 6.07 Å². The Labute approximate surface area is 107 Å². The molecule has 3 amide bonds. The number of anilines is 1. The highest BCUT2D eigenvalue weighted by molar-refractivity contribution is 9.10. The molecule has 0 saturated carbocycles. The summed E-state index contributed by atoms with van der Waals surface area (Å²) in [5.74, 6) is -0.126. The summed E-state index contributed by atoms with van der Waals surface area (Å²) in [5.41, 5.74) is 0.698. The lowest BCUT2D eigenvalue weighted by molar-refractivity contribution is -0.123. The average Bonchev–Trinajstić information content (AvgIpc) is 2.32. The summed E-state index contributed by atoms with van der Waals surface area (Å²) in [5, 5.41) is 5.43. The number of carbonyl (C=O) groups is 2. The first-order valence-corrected chi connectivity index (χ1v) is 6.03. The standard InChI is InChI=1S/C11H12BrN3O2/c12-8-3-1-2-4-9(8)14-11(17)15-6-5-13-10(16)7-15/h1-4H,5-7H2,(H,13,16)(H,14,17). The summed E-state index contributed by atoms with van der Waals surface area (Å²) in [6.07, 6.45) is 0. The minimum Gasteiger partial charge on any atom is -0.353 e. The maximum Gasteiger partial charge on any atom is 0.322 e. The van der Waals surface area contributed by atoms with Crippen molar-refractivity contribution in [1.82, 2.24) is 10.2 Å². The van der Waals surface area contributed by atoms with Crippen LogP contribution >= 0.6 is 15.9 Å². The largest absolute Gasteiger partial charge is 0.353 e. The van der Waals surface area contributed by atoms with E-state index >= 15 is 0 Å². The molecule has 1 aliphatic rings. The Morgan fingerprint density at radius 2 is 2.18 bits per heavy atom. The average molecular weight is 298 g/mol. The number of benzene rings is 1. The van der Waals surface area contributed by atoms with Crippen LogP contribution in [0.15, 0.2) is 28.7 Å². The van der Waals surface area contributed by atoms with E-state index < -0.39 is 0 Å². The topological polar surface area (TPSA) is 61.4 Å². The van der Waals surface area contributed by atoms with Crippen molar-refractivity contribution in [1.29, 1.82) is 0 Å². The van der Waals surface area contributed by atoms with Crippen LogP contribution < -0.4 is 10.6 Å². The number of hydrogen-bond acceptors (Lipinski definition) is 2. The highest BCUT2D eigenvalue weighted by atomic mass is 79.9. The molecule has 0 aliphatic carbocycles. The molecule has 0 aromatic heterocycles. The zero-order chi connectivity index (χ0) is 12.3. The number of hydrogen-bond donors (Lipinski definition) is 2. The maximum absolute atomic E-state index is 11.9. The van der Waals surface area contributed by atoms with Crippen LogP contribution in [0.25, 0.3) is 0 Å². The first-order chi connectivity index (χ1) is 8.16. The second-order valence-electron chi connectivity index (χ2n) is 3.68. The van der Waals surface area contributed by atoms with Crippen LogP contribution in [-0.4, -0.2) is 36.5 Å². The van der Waals surface area contributed by atoms with E-state index in [1.807, 2.05) is 18.2 Å². The summed E-state index contributed by atoms with van der Waals surface area (Å²) in [4.78, 5) is 24.5. The van der Waals surface area contributed by atoms with Crippen LogP contribution in [0, 0.1) is 0 Å². The minimum atomic E-state index is -0.258. The summed E-state index contributed by atoms with van der Waals surface area (Å²) in [6.45, 7) is 1.14. The molecule has 0 atom stereocenters. The predicted molar refractivity (Wildman–Crippen MR) is 67.7 cm³/mol. The van der Waals surface area contributed by atoms with Gasteiger partial charge in [-0.3, -0.25) is 4.79 Å². The lowest BCUT2D eigenvalue weighted by atomic mass is 10.3. The zero-order valence-corrected chi connectivity index (χ0v) is 10.7. The quantitative estimate of drug-likeness (QED) is 0.823. The smallest absolute Gasteiger partial charge is 0.322 e. The number of piperazine rings is 1. The molecule has 6 heteroatoms. The van der Waals surface area contributed by atoms with Crippen LogP contribution in [0.1, 0.15) is 0 Å². The molecule has 0 unspecified atom stereocenters. The van der Waals surface area contributed by atoms with Gasteiger partial charge >= 0.3 is 6.03 Å². The number of para-hydroxylation sites is 1. The Morgan fingerprint density at radius 3 is 2.88 bits per heavy atom. The van der Waals surface area contributed by atoms with Crippen molar-refractivity contribution in [3.63, 3.8) is 0 Å². The molecule has 17 heavy (non-hydrogen) atoms. The number of halogens is 1. The number of nitrogens with zero attached hydrogens (tertiary/aromatic N) is 1. The van der Waals surface area contributed by atoms with Gasteiger partial charge in [0.15, 0.2) is 0 Å². The monoisotopic (exact) mass is 297 g/mol. The van der Waals surface area contributed by atoms with E-state index in [9.17, 15) is 9.59 Å². The van der Waals surface area contributed by atoms with Gasteiger partial charge in [-0.2, -0.15) is 0 Å². The van der Waals surface area contributed by atoms with E-state index in [0.717, 1.165) is 4.47 Å². The van der Waals surface area contributed by atoms with Crippen molar-refractivity contribution in [2.24, 2.45) is 0 Å². The molecule has 1 saturated heterocycles. The van der Waals surface area contributed by atoms with Crippen LogP contribution in [0.3, 0.4) is 0 Å². The molecule has 0 bridgehead atoms. The molecular formula is C11H12BrN3O2. The van der Waals surface area contributed by atoms with Gasteiger partial charge < -0.3 is 15.5 Å². The Kier molecular flexibility index (Phi) is 3.63. The Balaban J connectivity index is 2.02. The summed E-state index contributed by atoms with van der Waals surface area (Å²) < 4.78 is 0.815. The van der Waals surface area contributed by atoms with Crippen molar-refractivity contribution in [2.75, 3.05) is 25.0 Å². The zero-order valence-electron chi connectivity index (χ0n) is 9.07. The molecule has 1 heterocycles. The summed E-state index contributed by atoms with van der Waals surface area (Å²) in [6, 6.07) is 7.09. The first-order valence-electron chi connectivity index (χ1n) is 5.24. The third kappa shape index (κ3) is 2.97. The van der Waals surface area contributed by atoms with Crippen molar-refractivity contribution >= 4 is 33.6 Å². The number of carbonyl (C=O) groups excluding carboxylic acids is 2. The third-order valence-electron chi connectivity index (χ3n) is 2.44. The van der Waals surface area contributed by atoms with Crippen molar-refractivity contribution < 1.29 is 9.59 Å². The Morgan fingerprint density at radius 1 is 1.41 bits per heavy atom. The van der Waals surface area contributed by atoms with Crippen LogP contribution in [0.2, 0.25) is 0 Å².